The first-order chi connectivity index (χ1) is 6.54. The second-order valence-electron chi connectivity index (χ2n) is 2.99. The Morgan fingerprint density at radius 1 is 1.57 bits per heavy atom. The van der Waals surface area contributed by atoms with Crippen LogP contribution in [-0.4, -0.2) is 18.0 Å². The van der Waals surface area contributed by atoms with Crippen LogP contribution in [0, 0.1) is 0 Å². The van der Waals surface area contributed by atoms with Crippen molar-refractivity contribution in [3.05, 3.63) is 22.2 Å². The van der Waals surface area contributed by atoms with Gasteiger partial charge >= 0.3 is 0 Å². The molecule has 4 heteroatoms. The fourth-order valence-corrected chi connectivity index (χ4v) is 1.70. The molecule has 14 heavy (non-hydrogen) atoms. The molecule has 0 spiro atoms. The molecule has 0 heterocycles. The quantitative estimate of drug-likeness (QED) is 0.905. The van der Waals surface area contributed by atoms with E-state index in [-0.39, 0.29) is 18.0 Å². The minimum Gasteiger partial charge on any atom is -0.508 e. The Hall–Kier alpha value is -1.03. The number of aromatic hydroxyl groups is 1. The molecule has 0 unspecified atom stereocenters. The lowest BCUT2D eigenvalue weighted by molar-refractivity contribution is -0.116. The molecular formula is C10H11BrO3. The van der Waals surface area contributed by atoms with Crippen molar-refractivity contribution in [2.24, 2.45) is 0 Å². The number of carbonyl (C=O) groups is 1. The van der Waals surface area contributed by atoms with E-state index in [9.17, 15) is 9.90 Å². The third-order valence-corrected chi connectivity index (χ3v) is 2.41. The first-order valence-corrected chi connectivity index (χ1v) is 4.88. The molecule has 0 aliphatic rings. The van der Waals surface area contributed by atoms with Crippen molar-refractivity contribution in [2.45, 2.75) is 13.3 Å². The Labute approximate surface area is 90.8 Å². The van der Waals surface area contributed by atoms with Crippen LogP contribution >= 0.6 is 15.9 Å². The zero-order valence-electron chi connectivity index (χ0n) is 8.00. The lowest BCUT2D eigenvalue weighted by Gasteiger charge is -2.07. The molecule has 0 bridgehead atoms. The Balaban J connectivity index is 3.08. The number of ketones is 1. The van der Waals surface area contributed by atoms with Gasteiger partial charge in [-0.1, -0.05) is 0 Å². The summed E-state index contributed by atoms with van der Waals surface area (Å²) in [5.41, 5.74) is 0.602. The summed E-state index contributed by atoms with van der Waals surface area (Å²) in [7, 11) is 1.52. The highest BCUT2D eigenvalue weighted by molar-refractivity contribution is 9.10. The molecule has 0 saturated heterocycles. The van der Waals surface area contributed by atoms with Gasteiger partial charge < -0.3 is 9.84 Å². The second-order valence-corrected chi connectivity index (χ2v) is 3.85. The molecule has 1 N–H and O–H groups in total. The average Bonchev–Trinajstić information content (AvgIpc) is 2.10. The highest BCUT2D eigenvalue weighted by Gasteiger charge is 2.09. The minimum absolute atomic E-state index is 0.0115. The first kappa shape index (κ1) is 11.0. The summed E-state index contributed by atoms with van der Waals surface area (Å²) in [6, 6.07) is 3.18. The van der Waals surface area contributed by atoms with E-state index in [0.717, 1.165) is 4.47 Å². The van der Waals surface area contributed by atoms with Crippen molar-refractivity contribution in [2.75, 3.05) is 7.11 Å². The molecule has 1 aromatic carbocycles. The van der Waals surface area contributed by atoms with Crippen LogP contribution in [0.2, 0.25) is 0 Å². The molecule has 0 atom stereocenters. The number of methoxy groups -OCH3 is 1. The van der Waals surface area contributed by atoms with E-state index in [2.05, 4.69) is 15.9 Å². The monoisotopic (exact) mass is 258 g/mol. The number of phenolic OH excluding ortho intramolecular Hbond substituents is 1. The molecular weight excluding hydrogens is 248 g/mol. The van der Waals surface area contributed by atoms with Crippen molar-refractivity contribution < 1.29 is 14.6 Å². The summed E-state index contributed by atoms with van der Waals surface area (Å²) >= 11 is 3.28. The van der Waals surface area contributed by atoms with Gasteiger partial charge in [0.15, 0.2) is 0 Å². The number of ether oxygens (including phenoxy) is 1. The number of carbonyl (C=O) groups excluding carboxylic acids is 1. The molecule has 0 radical (unpaired) electrons. The molecule has 76 valence electrons. The number of Topliss-reactive ketones (excluding diaryl/α,β-unsaturated/α-hetero) is 1. The van der Waals surface area contributed by atoms with Gasteiger partial charge in [-0.25, -0.2) is 0 Å². The Morgan fingerprint density at radius 2 is 2.21 bits per heavy atom. The summed E-state index contributed by atoms with van der Waals surface area (Å²) in [6.45, 7) is 1.48. The summed E-state index contributed by atoms with van der Waals surface area (Å²) in [5, 5.41) is 9.54. The van der Waals surface area contributed by atoms with Crippen LogP contribution < -0.4 is 4.74 Å². The van der Waals surface area contributed by atoms with Crippen LogP contribution in [0.5, 0.6) is 11.5 Å². The van der Waals surface area contributed by atoms with E-state index in [1.807, 2.05) is 0 Å². The van der Waals surface area contributed by atoms with Crippen molar-refractivity contribution in [1.82, 2.24) is 0 Å². The van der Waals surface area contributed by atoms with Gasteiger partial charge in [-0.3, -0.25) is 4.79 Å². The number of hydrogen-bond acceptors (Lipinski definition) is 3. The van der Waals surface area contributed by atoms with E-state index in [4.69, 9.17) is 4.74 Å². The summed E-state index contributed by atoms with van der Waals surface area (Å²) < 4.78 is 5.72. The highest BCUT2D eigenvalue weighted by Crippen LogP contribution is 2.32. The standard InChI is InChI=1S/C10H11BrO3/c1-6(12)3-7-4-8(11)10(14-2)5-9(7)13/h4-5,13H,3H2,1-2H3. The molecule has 0 aliphatic heterocycles. The Morgan fingerprint density at radius 3 is 2.71 bits per heavy atom. The zero-order valence-corrected chi connectivity index (χ0v) is 9.59. The topological polar surface area (TPSA) is 46.5 Å². The van der Waals surface area contributed by atoms with E-state index in [1.54, 1.807) is 6.07 Å². The SMILES string of the molecule is COc1cc(O)c(CC(C)=O)cc1Br. The fourth-order valence-electron chi connectivity index (χ4n) is 1.15. The molecule has 1 aromatic rings. The third kappa shape index (κ3) is 2.48. The molecule has 1 rings (SSSR count). The van der Waals surface area contributed by atoms with Gasteiger partial charge in [-0.2, -0.15) is 0 Å². The van der Waals surface area contributed by atoms with Crippen LogP contribution in [-0.2, 0) is 11.2 Å². The van der Waals surface area contributed by atoms with Gasteiger partial charge in [0, 0.05) is 18.1 Å². The van der Waals surface area contributed by atoms with Crippen LogP contribution in [0.25, 0.3) is 0 Å². The second kappa shape index (κ2) is 4.46. The van der Waals surface area contributed by atoms with Crippen molar-refractivity contribution in [3.8, 4) is 11.5 Å². The van der Waals surface area contributed by atoms with Gasteiger partial charge in [0.05, 0.1) is 11.6 Å². The molecule has 3 nitrogen and oxygen atoms in total. The number of benzene rings is 1. The number of halogens is 1. The molecule has 0 aromatic heterocycles. The molecule has 0 saturated carbocycles. The van der Waals surface area contributed by atoms with Crippen molar-refractivity contribution >= 4 is 21.7 Å². The first-order valence-electron chi connectivity index (χ1n) is 4.09. The summed E-state index contributed by atoms with van der Waals surface area (Å²) in [6.07, 6.45) is 0.231. The van der Waals surface area contributed by atoms with E-state index < -0.39 is 0 Å². The maximum Gasteiger partial charge on any atom is 0.136 e. The summed E-state index contributed by atoms with van der Waals surface area (Å²) in [4.78, 5) is 10.9. The largest absolute Gasteiger partial charge is 0.508 e. The number of phenols is 1. The lowest BCUT2D eigenvalue weighted by atomic mass is 10.1. The number of hydrogen-bond donors (Lipinski definition) is 1. The van der Waals surface area contributed by atoms with Crippen LogP contribution in [0.3, 0.4) is 0 Å². The fraction of sp³-hybridized carbons (Fsp3) is 0.300. The van der Waals surface area contributed by atoms with Gasteiger partial charge in [0.25, 0.3) is 0 Å². The maximum atomic E-state index is 10.9. The Bertz CT molecular complexity index is 361. The van der Waals surface area contributed by atoms with Crippen molar-refractivity contribution in [1.29, 1.82) is 0 Å². The van der Waals surface area contributed by atoms with Crippen LogP contribution in [0.4, 0.5) is 0 Å². The zero-order chi connectivity index (χ0) is 10.7. The predicted octanol–water partition coefficient (Wildman–Crippen LogP) is 2.29. The van der Waals surface area contributed by atoms with E-state index in [0.29, 0.717) is 11.3 Å². The Kier molecular flexibility index (Phi) is 3.52. The van der Waals surface area contributed by atoms with Gasteiger partial charge in [0.1, 0.15) is 17.3 Å². The van der Waals surface area contributed by atoms with Gasteiger partial charge in [0.2, 0.25) is 0 Å². The average molecular weight is 259 g/mol. The third-order valence-electron chi connectivity index (χ3n) is 1.79. The number of rotatable bonds is 3. The van der Waals surface area contributed by atoms with Gasteiger partial charge in [-0.15, -0.1) is 0 Å². The van der Waals surface area contributed by atoms with Crippen molar-refractivity contribution in [3.63, 3.8) is 0 Å². The van der Waals surface area contributed by atoms with Gasteiger partial charge in [-0.05, 0) is 28.9 Å². The smallest absolute Gasteiger partial charge is 0.136 e. The molecule has 0 fully saturated rings. The highest BCUT2D eigenvalue weighted by atomic mass is 79.9. The normalized spacial score (nSPS) is 9.93. The lowest BCUT2D eigenvalue weighted by Crippen LogP contribution is -1.97. The van der Waals surface area contributed by atoms with E-state index in [1.165, 1.54) is 20.1 Å². The van der Waals surface area contributed by atoms with Crippen LogP contribution in [0.15, 0.2) is 16.6 Å². The van der Waals surface area contributed by atoms with E-state index >= 15 is 0 Å². The minimum atomic E-state index is 0.0115. The molecule has 0 amide bonds. The maximum absolute atomic E-state index is 10.9. The molecule has 0 aliphatic carbocycles. The summed E-state index contributed by atoms with van der Waals surface area (Å²) in [5.74, 6) is 0.646. The predicted molar refractivity (Wildman–Crippen MR) is 56.7 cm³/mol. The van der Waals surface area contributed by atoms with Crippen LogP contribution in [0.1, 0.15) is 12.5 Å².